The van der Waals surface area contributed by atoms with E-state index in [1.807, 2.05) is 6.07 Å². The van der Waals surface area contributed by atoms with Crippen LogP contribution in [0.2, 0.25) is 0 Å². The Bertz CT molecular complexity index is 642. The normalized spacial score (nSPS) is 17.9. The second-order valence-corrected chi connectivity index (χ2v) is 5.59. The molecule has 6 heteroatoms. The molecule has 0 radical (unpaired) electrons. The Morgan fingerprint density at radius 2 is 2.17 bits per heavy atom. The van der Waals surface area contributed by atoms with E-state index >= 15 is 0 Å². The second-order valence-electron chi connectivity index (χ2n) is 5.59. The van der Waals surface area contributed by atoms with Crippen molar-refractivity contribution in [3.8, 4) is 0 Å². The fourth-order valence-corrected chi connectivity index (χ4v) is 2.57. The third-order valence-corrected chi connectivity index (χ3v) is 3.78. The van der Waals surface area contributed by atoms with Crippen molar-refractivity contribution in [2.24, 2.45) is 0 Å². The molecule has 5 nitrogen and oxygen atoms in total. The van der Waals surface area contributed by atoms with E-state index in [0.717, 1.165) is 30.5 Å². The number of anilines is 2. The molecule has 0 amide bonds. The van der Waals surface area contributed by atoms with Crippen molar-refractivity contribution < 1.29 is 9.13 Å². The number of hydrogen-bond donors (Lipinski definition) is 2. The number of nitrogens with zero attached hydrogens (tertiary/aromatic N) is 2. The Morgan fingerprint density at radius 3 is 2.83 bits per heavy atom. The van der Waals surface area contributed by atoms with Gasteiger partial charge in [-0.1, -0.05) is 19.4 Å². The van der Waals surface area contributed by atoms with E-state index in [4.69, 9.17) is 4.74 Å². The van der Waals surface area contributed by atoms with E-state index in [1.165, 1.54) is 6.07 Å². The maximum Gasteiger partial charge on any atom is 0.227 e. The molecule has 1 aliphatic rings. The first-order chi connectivity index (χ1) is 11.3. The van der Waals surface area contributed by atoms with Crippen LogP contribution in [0.15, 0.2) is 30.6 Å². The minimum Gasteiger partial charge on any atom is -0.371 e. The van der Waals surface area contributed by atoms with Crippen LogP contribution in [0.3, 0.4) is 0 Å². The lowest BCUT2D eigenvalue weighted by Crippen LogP contribution is -2.33. The van der Waals surface area contributed by atoms with Gasteiger partial charge >= 0.3 is 0 Å². The molecular weight excluding hydrogens is 295 g/mol. The van der Waals surface area contributed by atoms with Crippen molar-refractivity contribution in [2.75, 3.05) is 25.0 Å². The Kier molecular flexibility index (Phi) is 5.15. The molecular formula is C17H21FN4O. The third-order valence-electron chi connectivity index (χ3n) is 3.78. The van der Waals surface area contributed by atoms with Gasteiger partial charge in [-0.15, -0.1) is 0 Å². The summed E-state index contributed by atoms with van der Waals surface area (Å²) in [6.07, 6.45) is 5.43. The molecule has 1 aliphatic heterocycles. The SMILES string of the molecule is CCCc1cnc(Nc2ccc([C@@H]3CNCCO3)cc2F)nc1. The van der Waals surface area contributed by atoms with E-state index in [-0.39, 0.29) is 11.9 Å². The maximum atomic E-state index is 14.3. The highest BCUT2D eigenvalue weighted by molar-refractivity contribution is 5.54. The highest BCUT2D eigenvalue weighted by atomic mass is 19.1. The van der Waals surface area contributed by atoms with Gasteiger partial charge in [0.2, 0.25) is 5.95 Å². The Hall–Kier alpha value is -2.05. The van der Waals surface area contributed by atoms with Gasteiger partial charge in [-0.25, -0.2) is 14.4 Å². The topological polar surface area (TPSA) is 59.1 Å². The highest BCUT2D eigenvalue weighted by Crippen LogP contribution is 2.24. The van der Waals surface area contributed by atoms with E-state index in [2.05, 4.69) is 27.5 Å². The van der Waals surface area contributed by atoms with Gasteiger partial charge in [-0.05, 0) is 29.7 Å². The van der Waals surface area contributed by atoms with Crippen molar-refractivity contribution in [1.82, 2.24) is 15.3 Å². The third kappa shape index (κ3) is 4.03. The smallest absolute Gasteiger partial charge is 0.227 e. The summed E-state index contributed by atoms with van der Waals surface area (Å²) >= 11 is 0. The van der Waals surface area contributed by atoms with Gasteiger partial charge in [0.25, 0.3) is 0 Å². The lowest BCUT2D eigenvalue weighted by atomic mass is 10.1. The lowest BCUT2D eigenvalue weighted by Gasteiger charge is -2.24. The lowest BCUT2D eigenvalue weighted by molar-refractivity contribution is 0.0275. The average molecular weight is 316 g/mol. The summed E-state index contributed by atoms with van der Waals surface area (Å²) in [6, 6.07) is 5.08. The van der Waals surface area contributed by atoms with Crippen molar-refractivity contribution in [3.63, 3.8) is 0 Å². The van der Waals surface area contributed by atoms with E-state index in [0.29, 0.717) is 24.8 Å². The zero-order chi connectivity index (χ0) is 16.1. The molecule has 0 aliphatic carbocycles. The Balaban J connectivity index is 1.70. The van der Waals surface area contributed by atoms with Crippen LogP contribution in [0.25, 0.3) is 0 Å². The van der Waals surface area contributed by atoms with Gasteiger partial charge in [0.05, 0.1) is 18.4 Å². The van der Waals surface area contributed by atoms with Crippen LogP contribution in [0.4, 0.5) is 16.0 Å². The molecule has 1 aromatic carbocycles. The highest BCUT2D eigenvalue weighted by Gasteiger charge is 2.17. The minimum absolute atomic E-state index is 0.100. The number of nitrogens with one attached hydrogen (secondary N) is 2. The molecule has 0 saturated carbocycles. The van der Waals surface area contributed by atoms with Crippen LogP contribution < -0.4 is 10.6 Å². The summed E-state index contributed by atoms with van der Waals surface area (Å²) in [6.45, 7) is 4.29. The van der Waals surface area contributed by atoms with Crippen LogP contribution in [0.5, 0.6) is 0 Å². The van der Waals surface area contributed by atoms with E-state index in [1.54, 1.807) is 18.5 Å². The number of ether oxygens (including phenoxy) is 1. The molecule has 0 spiro atoms. The molecule has 122 valence electrons. The van der Waals surface area contributed by atoms with Crippen molar-refractivity contribution >= 4 is 11.6 Å². The van der Waals surface area contributed by atoms with Crippen LogP contribution in [0, 0.1) is 5.82 Å². The summed E-state index contributed by atoms with van der Waals surface area (Å²) in [5.41, 5.74) is 2.27. The standard InChI is InChI=1S/C17H21FN4O/c1-2-3-12-9-20-17(21-10-12)22-15-5-4-13(8-14(15)18)16-11-19-6-7-23-16/h4-5,8-10,16,19H,2-3,6-7,11H2,1H3,(H,20,21,22)/t16-/m0/s1. The van der Waals surface area contributed by atoms with Crippen LogP contribution in [-0.2, 0) is 11.2 Å². The summed E-state index contributed by atoms with van der Waals surface area (Å²) in [4.78, 5) is 8.44. The molecule has 1 fully saturated rings. The van der Waals surface area contributed by atoms with E-state index in [9.17, 15) is 4.39 Å². The number of halogens is 1. The van der Waals surface area contributed by atoms with Crippen LogP contribution in [0.1, 0.15) is 30.6 Å². The summed E-state index contributed by atoms with van der Waals surface area (Å²) < 4.78 is 19.9. The molecule has 1 atom stereocenters. The summed E-state index contributed by atoms with van der Waals surface area (Å²) in [5, 5.41) is 6.16. The van der Waals surface area contributed by atoms with Crippen LogP contribution >= 0.6 is 0 Å². The van der Waals surface area contributed by atoms with E-state index < -0.39 is 0 Å². The fourth-order valence-electron chi connectivity index (χ4n) is 2.57. The van der Waals surface area contributed by atoms with Gasteiger partial charge in [-0.3, -0.25) is 0 Å². The van der Waals surface area contributed by atoms with Gasteiger partial charge in [0, 0.05) is 25.5 Å². The quantitative estimate of drug-likeness (QED) is 0.888. The van der Waals surface area contributed by atoms with Crippen molar-refractivity contribution in [1.29, 1.82) is 0 Å². The van der Waals surface area contributed by atoms with Crippen molar-refractivity contribution in [3.05, 3.63) is 47.5 Å². The van der Waals surface area contributed by atoms with Gasteiger partial charge < -0.3 is 15.4 Å². The monoisotopic (exact) mass is 316 g/mol. The summed E-state index contributed by atoms with van der Waals surface area (Å²) in [5.74, 6) is 0.0602. The van der Waals surface area contributed by atoms with Crippen LogP contribution in [-0.4, -0.2) is 29.7 Å². The average Bonchev–Trinajstić information content (AvgIpc) is 2.59. The minimum atomic E-state index is -0.335. The molecule has 2 heterocycles. The molecule has 1 aromatic heterocycles. The molecule has 1 saturated heterocycles. The first-order valence-corrected chi connectivity index (χ1v) is 7.96. The zero-order valence-electron chi connectivity index (χ0n) is 13.2. The molecule has 2 N–H and O–H groups in total. The Morgan fingerprint density at radius 1 is 1.35 bits per heavy atom. The largest absolute Gasteiger partial charge is 0.371 e. The molecule has 0 unspecified atom stereocenters. The van der Waals surface area contributed by atoms with Crippen molar-refractivity contribution in [2.45, 2.75) is 25.9 Å². The van der Waals surface area contributed by atoms with Gasteiger partial charge in [0.1, 0.15) is 5.82 Å². The zero-order valence-corrected chi connectivity index (χ0v) is 13.2. The number of hydrogen-bond acceptors (Lipinski definition) is 5. The fraction of sp³-hybridized carbons (Fsp3) is 0.412. The first-order valence-electron chi connectivity index (χ1n) is 7.96. The number of aromatic nitrogens is 2. The maximum absolute atomic E-state index is 14.3. The number of rotatable bonds is 5. The predicted octanol–water partition coefficient (Wildman–Crippen LogP) is 2.97. The molecule has 0 bridgehead atoms. The number of aryl methyl sites for hydroxylation is 1. The molecule has 3 rings (SSSR count). The Labute approximate surface area is 135 Å². The number of morpholine rings is 1. The van der Waals surface area contributed by atoms with Gasteiger partial charge in [0.15, 0.2) is 0 Å². The van der Waals surface area contributed by atoms with Gasteiger partial charge in [-0.2, -0.15) is 0 Å². The molecule has 23 heavy (non-hydrogen) atoms. The molecule has 2 aromatic rings. The second kappa shape index (κ2) is 7.48. The summed E-state index contributed by atoms with van der Waals surface area (Å²) in [7, 11) is 0. The predicted molar refractivity (Wildman–Crippen MR) is 87.3 cm³/mol. The first kappa shape index (κ1) is 15.8. The number of benzene rings is 1.